The van der Waals surface area contributed by atoms with Gasteiger partial charge in [-0.1, -0.05) is 30.3 Å². The summed E-state index contributed by atoms with van der Waals surface area (Å²) in [6.07, 6.45) is 4.57. The highest BCUT2D eigenvalue weighted by Gasteiger charge is 2.16. The molecule has 2 heterocycles. The van der Waals surface area contributed by atoms with Crippen molar-refractivity contribution in [3.63, 3.8) is 0 Å². The van der Waals surface area contributed by atoms with Crippen LogP contribution in [0.4, 0.5) is 0 Å². The number of pyridine rings is 1. The second kappa shape index (κ2) is 9.36. The molecular formula is C23H18N4O4. The van der Waals surface area contributed by atoms with Crippen molar-refractivity contribution in [2.24, 2.45) is 5.10 Å². The van der Waals surface area contributed by atoms with E-state index in [9.17, 15) is 9.59 Å². The molecule has 2 amide bonds. The molecule has 0 aliphatic carbocycles. The van der Waals surface area contributed by atoms with Gasteiger partial charge in [-0.2, -0.15) is 5.10 Å². The van der Waals surface area contributed by atoms with Gasteiger partial charge in [-0.15, -0.1) is 0 Å². The van der Waals surface area contributed by atoms with Crippen molar-refractivity contribution in [2.45, 2.75) is 0 Å². The molecule has 0 saturated heterocycles. The number of aromatic nitrogens is 1. The maximum Gasteiger partial charge on any atom is 0.287 e. The minimum Gasteiger partial charge on any atom is -0.454 e. The molecule has 0 spiro atoms. The Morgan fingerprint density at radius 2 is 1.77 bits per heavy atom. The molecule has 0 atom stereocenters. The van der Waals surface area contributed by atoms with Gasteiger partial charge in [0.25, 0.3) is 11.8 Å². The average molecular weight is 414 g/mol. The van der Waals surface area contributed by atoms with Gasteiger partial charge in [0.15, 0.2) is 11.5 Å². The molecule has 2 N–H and O–H groups in total. The van der Waals surface area contributed by atoms with E-state index in [0.717, 1.165) is 0 Å². The SMILES string of the molecule is O=C(NN=Cc1ccccn1)C(=Cc1ccc2c(c1)OCO2)NC(=O)c1ccccc1. The lowest BCUT2D eigenvalue weighted by Gasteiger charge is -2.09. The Hall–Kier alpha value is -4.46. The van der Waals surface area contributed by atoms with Gasteiger partial charge in [0.2, 0.25) is 6.79 Å². The first-order valence-corrected chi connectivity index (χ1v) is 9.41. The highest BCUT2D eigenvalue weighted by molar-refractivity contribution is 6.05. The Morgan fingerprint density at radius 1 is 0.968 bits per heavy atom. The van der Waals surface area contributed by atoms with Crippen LogP contribution in [0.5, 0.6) is 11.5 Å². The van der Waals surface area contributed by atoms with Gasteiger partial charge in [0.05, 0.1) is 11.9 Å². The molecule has 1 aliphatic heterocycles. The predicted molar refractivity (Wildman–Crippen MR) is 114 cm³/mol. The lowest BCUT2D eigenvalue weighted by molar-refractivity contribution is -0.117. The first-order chi connectivity index (χ1) is 15.2. The number of fused-ring (bicyclic) bond motifs is 1. The standard InChI is InChI=1S/C23H18N4O4/c28-22(17-6-2-1-3-7-17)26-19(12-16-9-10-20-21(13-16)31-15-30-20)23(29)27-25-14-18-8-4-5-11-24-18/h1-14H,15H2,(H,26,28)(H,27,29). The number of nitrogens with one attached hydrogen (secondary N) is 2. The minimum atomic E-state index is -0.589. The summed E-state index contributed by atoms with van der Waals surface area (Å²) in [5.41, 5.74) is 4.08. The minimum absolute atomic E-state index is 0.0193. The molecule has 31 heavy (non-hydrogen) atoms. The van der Waals surface area contributed by atoms with E-state index in [1.165, 1.54) is 12.3 Å². The highest BCUT2D eigenvalue weighted by Crippen LogP contribution is 2.33. The van der Waals surface area contributed by atoms with Gasteiger partial charge >= 0.3 is 0 Å². The Labute approximate surface area is 178 Å². The molecule has 2 aromatic carbocycles. The topological polar surface area (TPSA) is 102 Å². The maximum atomic E-state index is 12.8. The van der Waals surface area contributed by atoms with Crippen LogP contribution in [0.1, 0.15) is 21.6 Å². The molecule has 0 saturated carbocycles. The zero-order valence-corrected chi connectivity index (χ0v) is 16.3. The second-order valence-electron chi connectivity index (χ2n) is 6.44. The Morgan fingerprint density at radius 3 is 2.58 bits per heavy atom. The summed E-state index contributed by atoms with van der Waals surface area (Å²) >= 11 is 0. The number of benzene rings is 2. The van der Waals surface area contributed by atoms with E-state index in [2.05, 4.69) is 20.8 Å². The van der Waals surface area contributed by atoms with Crippen LogP contribution in [0.2, 0.25) is 0 Å². The second-order valence-corrected chi connectivity index (χ2v) is 6.44. The molecule has 0 fully saturated rings. The fourth-order valence-corrected chi connectivity index (χ4v) is 2.78. The lowest BCUT2D eigenvalue weighted by Crippen LogP contribution is -2.32. The third-order valence-electron chi connectivity index (χ3n) is 4.29. The number of ether oxygens (including phenoxy) is 2. The van der Waals surface area contributed by atoms with Gasteiger partial charge in [-0.3, -0.25) is 14.6 Å². The summed E-state index contributed by atoms with van der Waals surface area (Å²) in [5.74, 6) is 0.179. The fraction of sp³-hybridized carbons (Fsp3) is 0.0435. The first kappa shape index (κ1) is 19.8. The Bertz CT molecular complexity index is 1140. The van der Waals surface area contributed by atoms with E-state index in [4.69, 9.17) is 9.47 Å². The molecule has 1 aliphatic rings. The Kier molecular flexibility index (Phi) is 5.99. The van der Waals surface area contributed by atoms with E-state index in [-0.39, 0.29) is 12.5 Å². The van der Waals surface area contributed by atoms with E-state index in [0.29, 0.717) is 28.3 Å². The number of hydrogen-bond donors (Lipinski definition) is 2. The third kappa shape index (κ3) is 5.13. The van der Waals surface area contributed by atoms with Crippen LogP contribution in [0.25, 0.3) is 6.08 Å². The normalized spacial score (nSPS) is 12.6. The van der Waals surface area contributed by atoms with Gasteiger partial charge in [0, 0.05) is 11.8 Å². The van der Waals surface area contributed by atoms with E-state index in [1.807, 2.05) is 0 Å². The van der Waals surface area contributed by atoms with E-state index in [1.54, 1.807) is 72.9 Å². The zero-order valence-electron chi connectivity index (χ0n) is 16.3. The fourth-order valence-electron chi connectivity index (χ4n) is 2.78. The molecule has 3 aromatic rings. The van der Waals surface area contributed by atoms with Crippen molar-refractivity contribution >= 4 is 24.1 Å². The van der Waals surface area contributed by atoms with Crippen LogP contribution in [-0.2, 0) is 4.79 Å². The van der Waals surface area contributed by atoms with Crippen molar-refractivity contribution in [1.82, 2.24) is 15.7 Å². The third-order valence-corrected chi connectivity index (χ3v) is 4.29. The number of rotatable bonds is 6. The number of nitrogens with zero attached hydrogens (tertiary/aromatic N) is 2. The molecule has 8 heteroatoms. The van der Waals surface area contributed by atoms with Crippen molar-refractivity contribution < 1.29 is 19.1 Å². The zero-order chi connectivity index (χ0) is 21.5. The van der Waals surface area contributed by atoms with E-state index >= 15 is 0 Å². The molecule has 154 valence electrons. The molecule has 0 radical (unpaired) electrons. The molecule has 0 bridgehead atoms. The summed E-state index contributed by atoms with van der Waals surface area (Å²) in [7, 11) is 0. The number of amides is 2. The van der Waals surface area contributed by atoms with Crippen molar-refractivity contribution in [3.05, 3.63) is 95.4 Å². The smallest absolute Gasteiger partial charge is 0.287 e. The molecule has 4 rings (SSSR count). The maximum absolute atomic E-state index is 12.8. The molecule has 8 nitrogen and oxygen atoms in total. The van der Waals surface area contributed by atoms with Crippen LogP contribution < -0.4 is 20.2 Å². The van der Waals surface area contributed by atoms with Gasteiger partial charge in [-0.25, -0.2) is 5.43 Å². The van der Waals surface area contributed by atoms with E-state index < -0.39 is 11.8 Å². The summed E-state index contributed by atoms with van der Waals surface area (Å²) < 4.78 is 10.7. The largest absolute Gasteiger partial charge is 0.454 e. The summed E-state index contributed by atoms with van der Waals surface area (Å²) in [6, 6.07) is 19.2. The quantitative estimate of drug-likeness (QED) is 0.367. The average Bonchev–Trinajstić information content (AvgIpc) is 3.28. The van der Waals surface area contributed by atoms with Crippen molar-refractivity contribution in [1.29, 1.82) is 0 Å². The van der Waals surface area contributed by atoms with Crippen LogP contribution >= 0.6 is 0 Å². The number of carbonyl (C=O) groups is 2. The first-order valence-electron chi connectivity index (χ1n) is 9.41. The summed E-state index contributed by atoms with van der Waals surface area (Å²) in [4.78, 5) is 29.5. The van der Waals surface area contributed by atoms with Crippen LogP contribution in [0.15, 0.2) is 83.7 Å². The number of carbonyl (C=O) groups excluding carboxylic acids is 2. The van der Waals surface area contributed by atoms with Crippen LogP contribution in [0, 0.1) is 0 Å². The number of hydrogen-bond acceptors (Lipinski definition) is 6. The van der Waals surface area contributed by atoms with Gasteiger partial charge in [0.1, 0.15) is 5.70 Å². The lowest BCUT2D eigenvalue weighted by atomic mass is 10.1. The summed E-state index contributed by atoms with van der Waals surface area (Å²) in [5, 5.41) is 6.56. The van der Waals surface area contributed by atoms with Crippen LogP contribution in [-0.4, -0.2) is 29.8 Å². The van der Waals surface area contributed by atoms with Gasteiger partial charge < -0.3 is 14.8 Å². The monoisotopic (exact) mass is 414 g/mol. The predicted octanol–water partition coefficient (Wildman–Crippen LogP) is 2.73. The van der Waals surface area contributed by atoms with Crippen molar-refractivity contribution in [3.8, 4) is 11.5 Å². The number of hydrazone groups is 1. The molecule has 0 unspecified atom stereocenters. The van der Waals surface area contributed by atoms with Gasteiger partial charge in [-0.05, 0) is 48.0 Å². The molecular weight excluding hydrogens is 396 g/mol. The molecule has 1 aromatic heterocycles. The summed E-state index contributed by atoms with van der Waals surface area (Å²) in [6.45, 7) is 0.142. The van der Waals surface area contributed by atoms with Crippen molar-refractivity contribution in [2.75, 3.05) is 6.79 Å². The highest BCUT2D eigenvalue weighted by atomic mass is 16.7. The Balaban J connectivity index is 1.56. The van der Waals surface area contributed by atoms with Crippen LogP contribution in [0.3, 0.4) is 0 Å².